The number of carboxylic acids is 1. The molecular weight excluding hydrogens is 476 g/mol. The second-order valence-corrected chi connectivity index (χ2v) is 11.2. The number of guanidine groups is 1. The van der Waals surface area contributed by atoms with E-state index in [0.717, 1.165) is 0 Å². The Balaban J connectivity index is 1.34. The lowest BCUT2D eigenvalue weighted by Crippen LogP contribution is -2.63. The number of aliphatic imine (C=N–C) groups is 1. The minimum absolute atomic E-state index is 0.00191. The van der Waals surface area contributed by atoms with E-state index in [1.807, 2.05) is 6.92 Å². The van der Waals surface area contributed by atoms with Crippen LogP contribution < -0.4 is 16.8 Å². The highest BCUT2D eigenvalue weighted by Crippen LogP contribution is 2.51. The van der Waals surface area contributed by atoms with Crippen molar-refractivity contribution < 1.29 is 29.7 Å². The number of amides is 2. The van der Waals surface area contributed by atoms with E-state index in [0.29, 0.717) is 37.4 Å². The molecule has 0 aliphatic carbocycles. The maximum absolute atomic E-state index is 12.7. The first-order valence-electron chi connectivity index (χ1n) is 11.9. The third kappa shape index (κ3) is 4.86. The van der Waals surface area contributed by atoms with Gasteiger partial charge in [0.2, 0.25) is 11.8 Å². The average molecular weight is 511 g/mol. The molecule has 4 heterocycles. The van der Waals surface area contributed by atoms with Crippen LogP contribution in [0.1, 0.15) is 33.1 Å². The van der Waals surface area contributed by atoms with Crippen molar-refractivity contribution in [1.82, 2.24) is 15.1 Å². The van der Waals surface area contributed by atoms with Crippen molar-refractivity contribution in [2.24, 2.45) is 28.3 Å². The van der Waals surface area contributed by atoms with Crippen molar-refractivity contribution in [3.05, 3.63) is 10.6 Å². The average Bonchev–Trinajstić information content (AvgIpc) is 3.46. The van der Waals surface area contributed by atoms with Gasteiger partial charge in [0.1, 0.15) is 5.70 Å². The fourth-order valence-electron chi connectivity index (χ4n) is 5.71. The first-order valence-corrected chi connectivity index (χ1v) is 12.8. The molecular formula is C22H34N6O6S. The van der Waals surface area contributed by atoms with Crippen molar-refractivity contribution in [3.63, 3.8) is 0 Å². The fraction of sp³-hybridized carbons (Fsp3) is 0.727. The van der Waals surface area contributed by atoms with Crippen LogP contribution in [0.25, 0.3) is 0 Å². The molecule has 4 aliphatic rings. The summed E-state index contributed by atoms with van der Waals surface area (Å²) < 4.78 is 0. The van der Waals surface area contributed by atoms with Crippen molar-refractivity contribution in [2.45, 2.75) is 68.7 Å². The lowest BCUT2D eigenvalue weighted by Gasteiger charge is -2.46. The molecule has 13 heteroatoms. The van der Waals surface area contributed by atoms with E-state index < -0.39 is 24.1 Å². The molecule has 0 bridgehead atoms. The van der Waals surface area contributed by atoms with Gasteiger partial charge in [-0.15, -0.1) is 11.8 Å². The number of rotatable bonds is 8. The first-order chi connectivity index (χ1) is 16.5. The normalized spacial score (nSPS) is 34.0. The third-order valence-electron chi connectivity index (χ3n) is 7.43. The van der Waals surface area contributed by atoms with Gasteiger partial charge in [-0.1, -0.05) is 6.92 Å². The molecule has 3 saturated heterocycles. The summed E-state index contributed by atoms with van der Waals surface area (Å²) in [5.74, 6) is -2.48. The van der Waals surface area contributed by atoms with Crippen LogP contribution >= 0.6 is 11.8 Å². The van der Waals surface area contributed by atoms with Crippen LogP contribution in [0, 0.1) is 11.8 Å². The van der Waals surface area contributed by atoms with E-state index in [-0.39, 0.29) is 59.2 Å². The number of aliphatic hydroxyl groups excluding tert-OH is 2. The number of aliphatic hydroxyl groups is 2. The number of hydrogen-bond acceptors (Lipinski definition) is 8. The Hall–Kier alpha value is -2.35. The number of carbonyl (C=O) groups is 3. The largest absolute Gasteiger partial charge is 0.477 e. The molecule has 194 valence electrons. The van der Waals surface area contributed by atoms with Crippen LogP contribution in [0.3, 0.4) is 0 Å². The van der Waals surface area contributed by atoms with E-state index in [2.05, 4.69) is 10.3 Å². The van der Waals surface area contributed by atoms with Gasteiger partial charge in [-0.05, 0) is 19.8 Å². The van der Waals surface area contributed by atoms with Crippen LogP contribution in [0.4, 0.5) is 0 Å². The van der Waals surface area contributed by atoms with Crippen LogP contribution in [0.5, 0.6) is 0 Å². The van der Waals surface area contributed by atoms with Gasteiger partial charge < -0.3 is 41.9 Å². The summed E-state index contributed by atoms with van der Waals surface area (Å²) >= 11 is 1.41. The molecule has 8 N–H and O–H groups in total. The van der Waals surface area contributed by atoms with Crippen LogP contribution in [-0.2, 0) is 14.4 Å². The van der Waals surface area contributed by atoms with Crippen LogP contribution in [0.2, 0.25) is 0 Å². The summed E-state index contributed by atoms with van der Waals surface area (Å²) in [6.07, 6.45) is -0.525. The minimum atomic E-state index is -1.16. The summed E-state index contributed by atoms with van der Waals surface area (Å²) in [4.78, 5) is 44.9. The van der Waals surface area contributed by atoms with Crippen molar-refractivity contribution in [1.29, 1.82) is 0 Å². The summed E-state index contributed by atoms with van der Waals surface area (Å²) in [7, 11) is 0. The summed E-state index contributed by atoms with van der Waals surface area (Å²) in [5.41, 5.74) is 10.8. The van der Waals surface area contributed by atoms with Gasteiger partial charge in [0, 0.05) is 41.7 Å². The topological polar surface area (TPSA) is 195 Å². The van der Waals surface area contributed by atoms with Gasteiger partial charge in [0.05, 0.1) is 36.6 Å². The highest BCUT2D eigenvalue weighted by molar-refractivity contribution is 8.03. The molecule has 0 aromatic rings. The molecule has 0 saturated carbocycles. The molecule has 2 amide bonds. The van der Waals surface area contributed by atoms with Gasteiger partial charge in [0.25, 0.3) is 0 Å². The van der Waals surface area contributed by atoms with Crippen LogP contribution in [0.15, 0.2) is 15.6 Å². The number of nitrogens with one attached hydrogen (secondary N) is 1. The predicted molar refractivity (Wildman–Crippen MR) is 129 cm³/mol. The molecule has 12 nitrogen and oxygen atoms in total. The van der Waals surface area contributed by atoms with E-state index >= 15 is 0 Å². The van der Waals surface area contributed by atoms with Crippen LogP contribution in [-0.4, -0.2) is 104 Å². The van der Waals surface area contributed by atoms with Gasteiger partial charge in [-0.3, -0.25) is 9.59 Å². The number of β-lactam (4-membered cyclic amide) rings is 1. The Morgan fingerprint density at radius 1 is 1.31 bits per heavy atom. The molecule has 0 spiro atoms. The van der Waals surface area contributed by atoms with Crippen molar-refractivity contribution >= 4 is 35.5 Å². The first kappa shape index (κ1) is 25.7. The monoisotopic (exact) mass is 510 g/mol. The molecule has 0 radical (unpaired) electrons. The van der Waals surface area contributed by atoms with E-state index in [9.17, 15) is 29.7 Å². The number of nitrogens with zero attached hydrogens (tertiary/aromatic N) is 3. The number of fused-ring (bicyclic) bond motifs is 1. The quantitative estimate of drug-likeness (QED) is 0.124. The second kappa shape index (κ2) is 9.96. The Kier molecular flexibility index (Phi) is 7.32. The molecule has 4 rings (SSSR count). The lowest BCUT2D eigenvalue weighted by molar-refractivity contribution is -0.163. The lowest BCUT2D eigenvalue weighted by atomic mass is 9.79. The molecule has 3 fully saturated rings. The number of nitrogens with two attached hydrogens (primary N) is 2. The number of carboxylic acid groups (broad SMARTS) is 1. The maximum atomic E-state index is 12.7. The SMILES string of the molecule is C[C@@H](O)[C@H]1C(=O)N2C(C(=O)O)=C(S[C@@H]3CN[C@H](C(O)CC(=O)N4CC[C@H](N=C(N)N)C4)C3)[C@H](C)[C@H]12. The van der Waals surface area contributed by atoms with E-state index in [1.165, 1.54) is 16.7 Å². The van der Waals surface area contributed by atoms with Gasteiger partial charge >= 0.3 is 5.97 Å². The van der Waals surface area contributed by atoms with Gasteiger partial charge in [-0.2, -0.15) is 0 Å². The van der Waals surface area contributed by atoms with Crippen molar-refractivity contribution in [2.75, 3.05) is 19.6 Å². The molecule has 0 aromatic carbocycles. The summed E-state index contributed by atoms with van der Waals surface area (Å²) in [5, 5.41) is 33.7. The smallest absolute Gasteiger partial charge is 0.353 e. The van der Waals surface area contributed by atoms with Crippen molar-refractivity contribution in [3.8, 4) is 0 Å². The number of thioether (sulfide) groups is 1. The fourth-order valence-corrected chi connectivity index (χ4v) is 7.20. The Labute approximate surface area is 207 Å². The molecule has 1 unspecified atom stereocenters. The molecule has 0 aromatic heterocycles. The number of aliphatic carboxylic acids is 1. The minimum Gasteiger partial charge on any atom is -0.477 e. The van der Waals surface area contributed by atoms with Gasteiger partial charge in [0.15, 0.2) is 5.96 Å². The second-order valence-electron chi connectivity index (χ2n) is 9.87. The Morgan fingerprint density at radius 3 is 2.66 bits per heavy atom. The predicted octanol–water partition coefficient (Wildman–Crippen LogP) is -1.77. The van der Waals surface area contributed by atoms with E-state index in [1.54, 1.807) is 11.8 Å². The summed E-state index contributed by atoms with van der Waals surface area (Å²) in [6.45, 7) is 4.94. The number of likely N-dealkylation sites (tertiary alicyclic amines) is 1. The molecule has 8 atom stereocenters. The Bertz CT molecular complexity index is 953. The zero-order chi connectivity index (χ0) is 25.6. The highest BCUT2D eigenvalue weighted by Gasteiger charge is 2.60. The highest BCUT2D eigenvalue weighted by atomic mass is 32.2. The van der Waals surface area contributed by atoms with Gasteiger partial charge in [-0.25, -0.2) is 9.79 Å². The third-order valence-corrected chi connectivity index (χ3v) is 8.94. The molecule has 4 aliphatic heterocycles. The zero-order valence-corrected chi connectivity index (χ0v) is 20.6. The summed E-state index contributed by atoms with van der Waals surface area (Å²) in [6, 6.07) is -0.780. The molecule has 35 heavy (non-hydrogen) atoms. The maximum Gasteiger partial charge on any atom is 0.353 e. The number of hydrogen-bond donors (Lipinski definition) is 6. The standard InChI is InChI=1S/C22H34N6O6S/c1-9-17-16(10(2)29)20(32)28(17)18(21(33)34)19(9)35-12-5-13(25-7-12)14(30)6-15(31)27-4-3-11(8-27)26-22(23)24/h9-14,16-17,25,29-30H,3-8H2,1-2H3,(H,33,34)(H4,23,24,26)/t9-,10-,11+,12+,13+,14?,16-,17-/m1/s1. The number of carbonyl (C=O) groups excluding carboxylic acids is 2. The zero-order valence-electron chi connectivity index (χ0n) is 19.8. The Morgan fingerprint density at radius 2 is 2.03 bits per heavy atom. The van der Waals surface area contributed by atoms with E-state index in [4.69, 9.17) is 11.5 Å².